The van der Waals surface area contributed by atoms with Crippen LogP contribution < -0.4 is 15.2 Å². The molecule has 0 aliphatic carbocycles. The molecule has 1 heterocycles. The number of non-ortho nitro benzene ring substituents is 1. The Labute approximate surface area is 197 Å². The molecule has 0 spiro atoms. The highest BCUT2D eigenvalue weighted by Crippen LogP contribution is 2.34. The Kier molecular flexibility index (Phi) is 6.77. The van der Waals surface area contributed by atoms with Crippen molar-refractivity contribution in [2.45, 2.75) is 18.9 Å². The molecule has 0 fully saturated rings. The van der Waals surface area contributed by atoms with E-state index in [2.05, 4.69) is 4.98 Å². The second-order valence-electron chi connectivity index (χ2n) is 7.92. The number of nitro groups is 1. The predicted octanol–water partition coefficient (Wildman–Crippen LogP) is 4.81. The van der Waals surface area contributed by atoms with Crippen molar-refractivity contribution < 1.29 is 14.4 Å². The Hall–Kier alpha value is -4.33. The second-order valence-corrected chi connectivity index (χ2v) is 7.92. The van der Waals surface area contributed by atoms with Gasteiger partial charge in [-0.3, -0.25) is 10.1 Å². The number of methoxy groups -OCH3 is 2. The Morgan fingerprint density at radius 1 is 1.03 bits per heavy atom. The van der Waals surface area contributed by atoms with Crippen LogP contribution >= 0.6 is 0 Å². The van der Waals surface area contributed by atoms with Crippen molar-refractivity contribution in [3.63, 3.8) is 0 Å². The summed E-state index contributed by atoms with van der Waals surface area (Å²) in [4.78, 5) is 15.7. The third kappa shape index (κ3) is 5.01. The molecule has 8 nitrogen and oxygen atoms in total. The van der Waals surface area contributed by atoms with Gasteiger partial charge >= 0.3 is 0 Å². The number of benzene rings is 3. The Morgan fingerprint density at radius 3 is 2.41 bits per heavy atom. The lowest BCUT2D eigenvalue weighted by Crippen LogP contribution is -2.08. The molecule has 0 bridgehead atoms. The van der Waals surface area contributed by atoms with Crippen LogP contribution in [0.5, 0.6) is 11.5 Å². The highest BCUT2D eigenvalue weighted by molar-refractivity contribution is 5.46. The second kappa shape index (κ2) is 10.1. The molecular weight excluding hydrogens is 432 g/mol. The molecule has 174 valence electrons. The summed E-state index contributed by atoms with van der Waals surface area (Å²) in [7, 11) is 3.17. The molecule has 3 aromatic carbocycles. The van der Waals surface area contributed by atoms with Crippen molar-refractivity contribution in [3.05, 3.63) is 111 Å². The molecule has 0 radical (unpaired) electrons. The van der Waals surface area contributed by atoms with Crippen LogP contribution in [0.25, 0.3) is 0 Å². The zero-order valence-electron chi connectivity index (χ0n) is 19.0. The van der Waals surface area contributed by atoms with E-state index in [1.54, 1.807) is 26.4 Å². The number of nitrogens with zero attached hydrogens (tertiary/aromatic N) is 3. The largest absolute Gasteiger partial charge is 0.497 e. The first kappa shape index (κ1) is 22.8. The highest BCUT2D eigenvalue weighted by atomic mass is 16.6. The van der Waals surface area contributed by atoms with E-state index in [1.807, 2.05) is 65.4 Å². The van der Waals surface area contributed by atoms with Crippen LogP contribution in [0.15, 0.2) is 79.0 Å². The Balaban J connectivity index is 1.74. The van der Waals surface area contributed by atoms with Crippen molar-refractivity contribution in [3.8, 4) is 11.5 Å². The van der Waals surface area contributed by atoms with E-state index >= 15 is 0 Å². The van der Waals surface area contributed by atoms with E-state index in [9.17, 15) is 10.1 Å². The maximum Gasteiger partial charge on any atom is 0.269 e. The zero-order chi connectivity index (χ0) is 24.1. The number of aromatic nitrogens is 2. The Morgan fingerprint density at radius 2 is 1.76 bits per heavy atom. The number of nitro benzene ring substituents is 1. The van der Waals surface area contributed by atoms with Gasteiger partial charge in [0.05, 0.1) is 31.4 Å². The maximum atomic E-state index is 11.4. The fourth-order valence-electron chi connectivity index (χ4n) is 4.01. The first-order valence-corrected chi connectivity index (χ1v) is 10.8. The molecule has 1 aromatic heterocycles. The topological polar surface area (TPSA) is 105 Å². The van der Waals surface area contributed by atoms with Crippen molar-refractivity contribution in [1.82, 2.24) is 9.55 Å². The van der Waals surface area contributed by atoms with Crippen molar-refractivity contribution >= 4 is 11.6 Å². The van der Waals surface area contributed by atoms with Crippen LogP contribution in [-0.4, -0.2) is 28.7 Å². The lowest BCUT2D eigenvalue weighted by Gasteiger charge is -2.18. The lowest BCUT2D eigenvalue weighted by molar-refractivity contribution is -0.384. The van der Waals surface area contributed by atoms with Crippen LogP contribution in [0.2, 0.25) is 0 Å². The van der Waals surface area contributed by atoms with Gasteiger partial charge in [-0.25, -0.2) is 4.98 Å². The van der Waals surface area contributed by atoms with Gasteiger partial charge in [0.1, 0.15) is 11.5 Å². The molecule has 4 aromatic rings. The molecule has 0 amide bonds. The van der Waals surface area contributed by atoms with Gasteiger partial charge in [-0.2, -0.15) is 0 Å². The van der Waals surface area contributed by atoms with E-state index in [4.69, 9.17) is 15.2 Å². The third-order valence-corrected chi connectivity index (χ3v) is 5.80. The first-order valence-electron chi connectivity index (χ1n) is 10.8. The van der Waals surface area contributed by atoms with E-state index in [-0.39, 0.29) is 11.6 Å². The van der Waals surface area contributed by atoms with Crippen molar-refractivity contribution in [1.29, 1.82) is 0 Å². The number of hydrogen-bond donors (Lipinski definition) is 1. The number of nitrogen functional groups attached to an aromatic ring is 1. The molecule has 1 unspecified atom stereocenters. The molecule has 34 heavy (non-hydrogen) atoms. The van der Waals surface area contributed by atoms with Crippen LogP contribution in [-0.2, 0) is 13.0 Å². The van der Waals surface area contributed by atoms with E-state index < -0.39 is 4.92 Å². The monoisotopic (exact) mass is 458 g/mol. The average molecular weight is 459 g/mol. The number of imidazole rings is 1. The quantitative estimate of drug-likeness (QED) is 0.285. The summed E-state index contributed by atoms with van der Waals surface area (Å²) in [5, 5.41) is 11.4. The van der Waals surface area contributed by atoms with E-state index in [0.717, 1.165) is 22.6 Å². The van der Waals surface area contributed by atoms with Gasteiger partial charge < -0.3 is 19.8 Å². The molecule has 0 aliphatic rings. The number of rotatable bonds is 9. The molecule has 8 heteroatoms. The molecular formula is C26H26N4O4. The minimum Gasteiger partial charge on any atom is -0.497 e. The number of hydrogen-bond acceptors (Lipinski definition) is 6. The van der Waals surface area contributed by atoms with Crippen molar-refractivity contribution in [2.24, 2.45) is 0 Å². The summed E-state index contributed by atoms with van der Waals surface area (Å²) in [6.07, 6.45) is 2.39. The molecule has 0 aliphatic heterocycles. The fourth-order valence-corrected chi connectivity index (χ4v) is 4.01. The smallest absolute Gasteiger partial charge is 0.269 e. The van der Waals surface area contributed by atoms with E-state index in [0.29, 0.717) is 30.2 Å². The van der Waals surface area contributed by atoms with Gasteiger partial charge in [0.25, 0.3) is 5.69 Å². The molecule has 2 N–H and O–H groups in total. The van der Waals surface area contributed by atoms with Gasteiger partial charge in [-0.05, 0) is 35.7 Å². The molecule has 0 saturated heterocycles. The zero-order valence-corrected chi connectivity index (χ0v) is 19.0. The lowest BCUT2D eigenvalue weighted by atomic mass is 9.89. The summed E-state index contributed by atoms with van der Waals surface area (Å²) < 4.78 is 12.7. The summed E-state index contributed by atoms with van der Waals surface area (Å²) in [5.74, 6) is 1.52. The average Bonchev–Trinajstić information content (AvgIpc) is 3.22. The van der Waals surface area contributed by atoms with E-state index in [1.165, 1.54) is 6.07 Å². The van der Waals surface area contributed by atoms with Crippen LogP contribution in [0.1, 0.15) is 28.3 Å². The summed E-state index contributed by atoms with van der Waals surface area (Å²) in [6.45, 7) is 0.592. The number of anilines is 1. The molecule has 0 saturated carbocycles. The van der Waals surface area contributed by atoms with Gasteiger partial charge in [-0.15, -0.1) is 0 Å². The Bertz CT molecular complexity index is 1270. The minimum absolute atomic E-state index is 0.0124. The minimum atomic E-state index is -0.405. The predicted molar refractivity (Wildman–Crippen MR) is 130 cm³/mol. The first-order chi connectivity index (χ1) is 16.5. The normalized spacial score (nSPS) is 11.7. The maximum absolute atomic E-state index is 11.4. The summed E-state index contributed by atoms with van der Waals surface area (Å²) in [6, 6.07) is 22.3. The van der Waals surface area contributed by atoms with Gasteiger partial charge in [0, 0.05) is 29.8 Å². The van der Waals surface area contributed by atoms with Gasteiger partial charge in [0.2, 0.25) is 5.95 Å². The van der Waals surface area contributed by atoms with Crippen LogP contribution in [0.3, 0.4) is 0 Å². The number of ether oxygens (including phenoxy) is 2. The fraction of sp³-hybridized carbons (Fsp3) is 0.192. The van der Waals surface area contributed by atoms with Crippen LogP contribution in [0.4, 0.5) is 11.6 Å². The van der Waals surface area contributed by atoms with Gasteiger partial charge in [0.15, 0.2) is 0 Å². The summed E-state index contributed by atoms with van der Waals surface area (Å²) >= 11 is 0. The molecule has 4 rings (SSSR count). The molecule has 1 atom stereocenters. The van der Waals surface area contributed by atoms with Gasteiger partial charge in [-0.1, -0.05) is 42.5 Å². The standard InChI is InChI=1S/C26H26N4O4/c1-33-22-11-8-19(9-12-22)23(15-20-14-21(30(31)32)10-13-25(20)34-2)24-17-29(26(27)28-24)16-18-6-4-3-5-7-18/h3-14,17,23H,15-16H2,1-2H3,(H2,27,28). The highest BCUT2D eigenvalue weighted by Gasteiger charge is 2.23. The SMILES string of the molecule is COc1ccc(C(Cc2cc([N+](=O)[O-])ccc2OC)c2cn(Cc3ccccc3)c(N)n2)cc1. The third-order valence-electron chi connectivity index (χ3n) is 5.80. The van der Waals surface area contributed by atoms with Crippen molar-refractivity contribution in [2.75, 3.05) is 20.0 Å². The summed E-state index contributed by atoms with van der Waals surface area (Å²) in [5.41, 5.74) is 9.88. The van der Waals surface area contributed by atoms with Crippen LogP contribution in [0, 0.1) is 10.1 Å². The number of nitrogens with two attached hydrogens (primary N) is 1.